The van der Waals surface area contributed by atoms with Gasteiger partial charge in [-0.15, -0.1) is 0 Å². The summed E-state index contributed by atoms with van der Waals surface area (Å²) in [5.41, 5.74) is 0.418. The van der Waals surface area contributed by atoms with E-state index in [1.54, 1.807) is 0 Å². The number of hydrogen-bond donors (Lipinski definition) is 1. The molecule has 3 fully saturated rings. The Morgan fingerprint density at radius 2 is 2.33 bits per heavy atom. The van der Waals surface area contributed by atoms with Crippen molar-refractivity contribution in [2.45, 2.75) is 31.2 Å². The van der Waals surface area contributed by atoms with Crippen LogP contribution in [0.3, 0.4) is 0 Å². The summed E-state index contributed by atoms with van der Waals surface area (Å²) >= 11 is 0. The Morgan fingerprint density at radius 3 is 2.92 bits per heavy atom. The zero-order valence-corrected chi connectivity index (χ0v) is 7.51. The van der Waals surface area contributed by atoms with Crippen LogP contribution < -0.4 is 5.32 Å². The quantitative estimate of drug-likeness (QED) is 0.584. The summed E-state index contributed by atoms with van der Waals surface area (Å²) in [5.74, 6) is 1.95. The molecular weight excluding hydrogens is 150 g/mol. The summed E-state index contributed by atoms with van der Waals surface area (Å²) in [7, 11) is 0. The fourth-order valence-corrected chi connectivity index (χ4v) is 3.51. The molecule has 2 saturated carbocycles. The molecule has 0 amide bonds. The maximum Gasteiger partial charge on any atom is 0.0651 e. The third-order valence-electron chi connectivity index (χ3n) is 4.06. The minimum Gasteiger partial charge on any atom is -0.378 e. The van der Waals surface area contributed by atoms with Crippen LogP contribution in [0.4, 0.5) is 0 Å². The monoisotopic (exact) mass is 167 g/mol. The molecule has 2 heteroatoms. The molecule has 68 valence electrons. The highest BCUT2D eigenvalue weighted by atomic mass is 16.5. The Morgan fingerprint density at radius 1 is 1.33 bits per heavy atom. The highest BCUT2D eigenvalue weighted by Gasteiger charge is 2.51. The molecule has 12 heavy (non-hydrogen) atoms. The number of morpholine rings is 1. The number of rotatable bonds is 0. The first-order valence-electron chi connectivity index (χ1n) is 5.22. The van der Waals surface area contributed by atoms with Crippen LogP contribution in [-0.4, -0.2) is 25.3 Å². The second kappa shape index (κ2) is 2.46. The highest BCUT2D eigenvalue weighted by Crippen LogP contribution is 2.51. The molecule has 2 aliphatic carbocycles. The first-order chi connectivity index (χ1) is 5.89. The molecule has 1 spiro atoms. The second-order valence-electron chi connectivity index (χ2n) is 4.72. The van der Waals surface area contributed by atoms with E-state index in [2.05, 4.69) is 5.32 Å². The van der Waals surface area contributed by atoms with Crippen molar-refractivity contribution in [1.82, 2.24) is 5.32 Å². The summed E-state index contributed by atoms with van der Waals surface area (Å²) in [6, 6.07) is 0. The number of fused-ring (bicyclic) bond motifs is 3. The Kier molecular flexibility index (Phi) is 1.50. The highest BCUT2D eigenvalue weighted by molar-refractivity contribution is 5.07. The number of ether oxygens (including phenoxy) is 1. The summed E-state index contributed by atoms with van der Waals surface area (Å²) in [6.07, 6.45) is 5.78. The standard InChI is InChI=1S/C10H17NO/c1-2-9-5-8(1)6-10(9)7-12-4-3-11-10/h8-9,11H,1-7H2. The minimum atomic E-state index is 0.418. The molecule has 0 radical (unpaired) electrons. The van der Waals surface area contributed by atoms with Crippen LogP contribution in [0.5, 0.6) is 0 Å². The van der Waals surface area contributed by atoms with Gasteiger partial charge in [-0.3, -0.25) is 0 Å². The summed E-state index contributed by atoms with van der Waals surface area (Å²) in [6.45, 7) is 2.97. The van der Waals surface area contributed by atoms with Crippen molar-refractivity contribution in [3.05, 3.63) is 0 Å². The van der Waals surface area contributed by atoms with Gasteiger partial charge >= 0.3 is 0 Å². The van der Waals surface area contributed by atoms with Crippen LogP contribution in [0.2, 0.25) is 0 Å². The van der Waals surface area contributed by atoms with E-state index >= 15 is 0 Å². The molecule has 3 aliphatic rings. The van der Waals surface area contributed by atoms with Crippen molar-refractivity contribution in [3.8, 4) is 0 Å². The second-order valence-corrected chi connectivity index (χ2v) is 4.72. The van der Waals surface area contributed by atoms with E-state index in [0.717, 1.165) is 31.6 Å². The SMILES string of the molecule is C1COCC2(CC3CCC2C3)N1. The maximum absolute atomic E-state index is 5.60. The molecule has 1 aliphatic heterocycles. The molecular formula is C10H17NO. The maximum atomic E-state index is 5.60. The van der Waals surface area contributed by atoms with E-state index in [0.29, 0.717) is 5.54 Å². The van der Waals surface area contributed by atoms with Crippen molar-refractivity contribution in [1.29, 1.82) is 0 Å². The van der Waals surface area contributed by atoms with E-state index < -0.39 is 0 Å². The fourth-order valence-electron chi connectivity index (χ4n) is 3.51. The van der Waals surface area contributed by atoms with Crippen molar-refractivity contribution in [3.63, 3.8) is 0 Å². The normalized spacial score (nSPS) is 52.0. The van der Waals surface area contributed by atoms with Gasteiger partial charge in [-0.2, -0.15) is 0 Å². The first-order valence-corrected chi connectivity index (χ1v) is 5.22. The molecule has 0 aromatic carbocycles. The van der Waals surface area contributed by atoms with Gasteiger partial charge in [0.05, 0.1) is 13.2 Å². The Labute approximate surface area is 73.7 Å². The van der Waals surface area contributed by atoms with Crippen molar-refractivity contribution in [2.75, 3.05) is 19.8 Å². The van der Waals surface area contributed by atoms with Gasteiger partial charge in [-0.1, -0.05) is 6.42 Å². The van der Waals surface area contributed by atoms with Crippen LogP contribution >= 0.6 is 0 Å². The van der Waals surface area contributed by atoms with E-state index in [4.69, 9.17) is 4.74 Å². The van der Waals surface area contributed by atoms with Gasteiger partial charge < -0.3 is 10.1 Å². The lowest BCUT2D eigenvalue weighted by atomic mass is 9.81. The van der Waals surface area contributed by atoms with Gasteiger partial charge in [0.25, 0.3) is 0 Å². The predicted octanol–water partition coefficient (Wildman–Crippen LogP) is 1.17. The van der Waals surface area contributed by atoms with Crippen LogP contribution in [0, 0.1) is 11.8 Å². The van der Waals surface area contributed by atoms with E-state index in [-0.39, 0.29) is 0 Å². The molecule has 1 heterocycles. The van der Waals surface area contributed by atoms with Crippen molar-refractivity contribution < 1.29 is 4.74 Å². The third kappa shape index (κ3) is 0.882. The summed E-state index contributed by atoms with van der Waals surface area (Å²) < 4.78 is 5.60. The average molecular weight is 167 g/mol. The summed E-state index contributed by atoms with van der Waals surface area (Å²) in [4.78, 5) is 0. The molecule has 3 atom stereocenters. The molecule has 0 aromatic heterocycles. The number of hydrogen-bond acceptors (Lipinski definition) is 2. The van der Waals surface area contributed by atoms with Crippen molar-refractivity contribution in [2.24, 2.45) is 11.8 Å². The van der Waals surface area contributed by atoms with Crippen LogP contribution in [0.25, 0.3) is 0 Å². The molecule has 1 N–H and O–H groups in total. The smallest absolute Gasteiger partial charge is 0.0651 e. The minimum absolute atomic E-state index is 0.418. The van der Waals surface area contributed by atoms with Crippen LogP contribution in [-0.2, 0) is 4.74 Å². The van der Waals surface area contributed by atoms with Gasteiger partial charge in [0.2, 0.25) is 0 Å². The summed E-state index contributed by atoms with van der Waals surface area (Å²) in [5, 5.41) is 3.70. The Balaban J connectivity index is 1.81. The van der Waals surface area contributed by atoms with Crippen LogP contribution in [0.1, 0.15) is 25.7 Å². The van der Waals surface area contributed by atoms with Gasteiger partial charge in [0.15, 0.2) is 0 Å². The molecule has 3 unspecified atom stereocenters. The largest absolute Gasteiger partial charge is 0.378 e. The fraction of sp³-hybridized carbons (Fsp3) is 1.00. The molecule has 2 nitrogen and oxygen atoms in total. The van der Waals surface area contributed by atoms with Crippen molar-refractivity contribution >= 4 is 0 Å². The zero-order chi connectivity index (χ0) is 8.02. The predicted molar refractivity (Wildman–Crippen MR) is 47.0 cm³/mol. The average Bonchev–Trinajstić information content (AvgIpc) is 2.65. The van der Waals surface area contributed by atoms with E-state index in [1.165, 1.54) is 25.7 Å². The van der Waals surface area contributed by atoms with E-state index in [9.17, 15) is 0 Å². The lowest BCUT2D eigenvalue weighted by Crippen LogP contribution is -2.57. The topological polar surface area (TPSA) is 21.3 Å². The molecule has 2 bridgehead atoms. The van der Waals surface area contributed by atoms with Crippen LogP contribution in [0.15, 0.2) is 0 Å². The van der Waals surface area contributed by atoms with E-state index in [1.807, 2.05) is 0 Å². The Bertz CT molecular complexity index is 186. The molecule has 0 aromatic rings. The van der Waals surface area contributed by atoms with Gasteiger partial charge in [0.1, 0.15) is 0 Å². The molecule has 3 rings (SSSR count). The Hall–Kier alpha value is -0.0800. The van der Waals surface area contributed by atoms with Gasteiger partial charge in [-0.05, 0) is 31.1 Å². The third-order valence-corrected chi connectivity index (χ3v) is 4.06. The molecule has 1 saturated heterocycles. The first kappa shape index (κ1) is 7.34. The lowest BCUT2D eigenvalue weighted by Gasteiger charge is -2.41. The van der Waals surface area contributed by atoms with Gasteiger partial charge in [-0.25, -0.2) is 0 Å². The van der Waals surface area contributed by atoms with Gasteiger partial charge in [0, 0.05) is 12.1 Å². The number of nitrogens with one attached hydrogen (secondary N) is 1. The zero-order valence-electron chi connectivity index (χ0n) is 7.51. The lowest BCUT2D eigenvalue weighted by molar-refractivity contribution is 0.000555.